The van der Waals surface area contributed by atoms with Gasteiger partial charge in [-0.25, -0.2) is 4.79 Å². The van der Waals surface area contributed by atoms with E-state index in [1.54, 1.807) is 35.5 Å². The molecule has 12 aromatic rings. The van der Waals surface area contributed by atoms with E-state index in [0.29, 0.717) is 35.2 Å². The minimum Gasteiger partial charge on any atom is -0.462 e. The second-order valence-electron chi connectivity index (χ2n) is 33.2. The second-order valence-corrected chi connectivity index (χ2v) is 35.2. The van der Waals surface area contributed by atoms with Crippen LogP contribution in [0.3, 0.4) is 0 Å². The Kier molecular flexibility index (Phi) is 29.2. The summed E-state index contributed by atoms with van der Waals surface area (Å²) in [6.07, 6.45) is 18.2. The molecule has 1 amide bonds. The molecule has 20 rings (SSSR count). The van der Waals surface area contributed by atoms with Crippen molar-refractivity contribution in [3.8, 4) is 78.3 Å². The van der Waals surface area contributed by atoms with Gasteiger partial charge in [0, 0.05) is 218 Å². The van der Waals surface area contributed by atoms with Crippen LogP contribution < -0.4 is 31.3 Å². The van der Waals surface area contributed by atoms with Crippen LogP contribution in [0.1, 0.15) is 114 Å². The summed E-state index contributed by atoms with van der Waals surface area (Å²) in [7, 11) is -0.441. The number of anilines is 2. The van der Waals surface area contributed by atoms with Crippen molar-refractivity contribution >= 4 is 94.9 Å². The number of amides is 1. The molecule has 25 heteroatoms. The van der Waals surface area contributed by atoms with Gasteiger partial charge in [0.2, 0.25) is 0 Å². The molecule has 8 aromatic heterocycles. The fraction of sp³-hybridized carbons (Fsp3) is 0.312. The van der Waals surface area contributed by atoms with E-state index >= 15 is 0 Å². The van der Waals surface area contributed by atoms with Crippen molar-refractivity contribution in [3.05, 3.63) is 278 Å². The first kappa shape index (κ1) is 88.7. The first-order valence-electron chi connectivity index (χ1n) is 41.0. The molecular formula is C96H103BCl3IN14O6. The maximum absolute atomic E-state index is 12.4. The van der Waals surface area contributed by atoms with E-state index in [0.717, 1.165) is 142 Å². The number of carbonyl (C=O) groups is 2. The third kappa shape index (κ3) is 21.9. The van der Waals surface area contributed by atoms with Gasteiger partial charge in [-0.15, -0.1) is 12.4 Å². The molecule has 0 saturated carbocycles. The van der Waals surface area contributed by atoms with E-state index in [1.165, 1.54) is 87.3 Å². The van der Waals surface area contributed by atoms with Crippen LogP contribution in [0.4, 0.5) is 16.2 Å². The quantitative estimate of drug-likeness (QED) is 0.0767. The van der Waals surface area contributed by atoms with Gasteiger partial charge < -0.3 is 49.4 Å². The van der Waals surface area contributed by atoms with Gasteiger partial charge in [-0.1, -0.05) is 120 Å². The smallest absolute Gasteiger partial charge is 0.462 e. The summed E-state index contributed by atoms with van der Waals surface area (Å²) in [5.74, 6) is 0. The third-order valence-corrected chi connectivity index (χ3v) is 23.4. The number of rotatable bonds is 7. The zero-order valence-corrected chi connectivity index (χ0v) is 74.6. The number of halogens is 4. The Morgan fingerprint density at radius 1 is 0.430 bits per heavy atom. The molecule has 4 saturated heterocycles. The molecule has 4 aromatic carbocycles. The molecule has 3 N–H and O–H groups in total. The van der Waals surface area contributed by atoms with Gasteiger partial charge in [-0.05, 0) is 209 Å². The van der Waals surface area contributed by atoms with Crippen molar-refractivity contribution < 1.29 is 28.4 Å². The number of nitrogens with zero attached hydrogens (tertiary/aromatic N) is 11. The highest BCUT2D eigenvalue weighted by atomic mass is 127. The molecule has 0 bridgehead atoms. The number of nitrogens with one attached hydrogen (secondary N) is 3. The summed E-state index contributed by atoms with van der Waals surface area (Å²) in [5.41, 5.74) is 28.1. The van der Waals surface area contributed by atoms with Crippen molar-refractivity contribution in [1.82, 2.24) is 60.7 Å². The van der Waals surface area contributed by atoms with Crippen LogP contribution in [0.2, 0.25) is 10.0 Å². The summed E-state index contributed by atoms with van der Waals surface area (Å²) in [4.78, 5) is 64.8. The Morgan fingerprint density at radius 3 is 1.17 bits per heavy atom. The van der Waals surface area contributed by atoms with Crippen LogP contribution in [0, 0.1) is 3.57 Å². The number of benzene rings is 4. The molecule has 0 radical (unpaired) electrons. The summed E-state index contributed by atoms with van der Waals surface area (Å²) in [6, 6.07) is 58.1. The molecule has 12 heterocycles. The Labute approximate surface area is 740 Å². The van der Waals surface area contributed by atoms with E-state index in [9.17, 15) is 9.59 Å². The van der Waals surface area contributed by atoms with Crippen LogP contribution in [0.25, 0.3) is 78.3 Å². The Balaban J connectivity index is 0.000000128. The first-order valence-corrected chi connectivity index (χ1v) is 42.8. The fourth-order valence-corrected chi connectivity index (χ4v) is 16.6. The van der Waals surface area contributed by atoms with E-state index in [1.807, 2.05) is 125 Å². The van der Waals surface area contributed by atoms with Gasteiger partial charge in [0.1, 0.15) is 11.2 Å². The van der Waals surface area contributed by atoms with Crippen LogP contribution in [-0.2, 0) is 49.3 Å². The lowest BCUT2D eigenvalue weighted by Crippen LogP contribution is -2.50. The van der Waals surface area contributed by atoms with Gasteiger partial charge in [0.15, 0.2) is 0 Å². The van der Waals surface area contributed by atoms with Crippen molar-refractivity contribution in [3.63, 3.8) is 0 Å². The summed E-state index contributed by atoms with van der Waals surface area (Å²) >= 11 is 14.4. The number of fused-ring (bicyclic) bond motifs is 12. The average molecular weight is 1790 g/mol. The minimum absolute atomic E-state index is 0. The zero-order valence-electron chi connectivity index (χ0n) is 70.2. The molecular weight excluding hydrogens is 1690 g/mol. The highest BCUT2D eigenvalue weighted by molar-refractivity contribution is 14.1. The topological polar surface area (TPSA) is 220 Å². The van der Waals surface area contributed by atoms with Gasteiger partial charge in [-0.2, -0.15) is 0 Å². The standard InChI is InChI=1S/C26H28N4O2.C21H20N4.C17H11ClN2.C12H8IN.C11H15BClNO2.C5H10O2.C4H10N2.ClH/c1-26(2,3)32-25(31)30-14-12-29(13-15-30)19-8-10-27-22(17-19)21-9-11-28-23-16-18-6-4-5-7-20(18)24(21)23;1-2-4-17-15(3-1)13-20-21(17)18(6-8-24-20)19-14-16(5-7-23-19)25-11-9-22-10-12-25;18-12-5-7-19-15(10-12)14-6-8-20-16-9-11-3-1-2-4-13(11)17(14)16;13-10-5-6-14-11-7-8-3-1-2-4-9(8)12(10)11;1-10(2)11(3,4)16-12(15-10)9-7-8(13)5-6-14-9;1-5(2,3)7-4-6;1-2-6-4-3-5-1;/h4-11,17H,12-16H2,1-3H3;1-8,14,22H,9-13H2;1-8,10H,9H2;1-6H,7H2;5-7H,1-4H3;4H,1-3H3;5-6H,1-4H2;1H. The molecule has 8 aliphatic rings. The molecule has 121 heavy (non-hydrogen) atoms. The zero-order chi connectivity index (χ0) is 84.1. The largest absolute Gasteiger partial charge is 0.514 e. The Morgan fingerprint density at radius 2 is 0.785 bits per heavy atom. The molecule has 624 valence electrons. The minimum atomic E-state index is -0.475. The number of ether oxygens (including phenoxy) is 2. The predicted octanol–water partition coefficient (Wildman–Crippen LogP) is 18.1. The van der Waals surface area contributed by atoms with Gasteiger partial charge in [-0.3, -0.25) is 44.7 Å². The highest BCUT2D eigenvalue weighted by Gasteiger charge is 2.52. The van der Waals surface area contributed by atoms with Crippen molar-refractivity contribution in [1.29, 1.82) is 0 Å². The fourth-order valence-electron chi connectivity index (χ4n) is 15.5. The van der Waals surface area contributed by atoms with Crippen LogP contribution >= 0.6 is 58.2 Å². The number of aromatic nitrogens is 8. The van der Waals surface area contributed by atoms with Crippen molar-refractivity contribution in [2.75, 3.05) is 88.3 Å². The molecule has 0 unspecified atom stereocenters. The van der Waals surface area contributed by atoms with Gasteiger partial charge in [0.25, 0.3) is 6.47 Å². The van der Waals surface area contributed by atoms with Crippen molar-refractivity contribution in [2.45, 2.75) is 117 Å². The van der Waals surface area contributed by atoms with Gasteiger partial charge in [0.05, 0.1) is 56.7 Å². The van der Waals surface area contributed by atoms with Crippen LogP contribution in [0.5, 0.6) is 0 Å². The predicted molar refractivity (Wildman–Crippen MR) is 497 cm³/mol. The van der Waals surface area contributed by atoms with E-state index in [2.05, 4.69) is 221 Å². The average Bonchev–Trinajstić information content (AvgIpc) is 1.63. The maximum Gasteiger partial charge on any atom is 0.514 e. The Bertz CT molecular complexity index is 5590. The molecule has 20 nitrogen and oxygen atoms in total. The summed E-state index contributed by atoms with van der Waals surface area (Å²) in [5, 5.41) is 11.2. The van der Waals surface area contributed by atoms with Crippen LogP contribution in [-0.4, -0.2) is 165 Å². The Hall–Kier alpha value is -10.1. The number of carbonyl (C=O) groups excluding carboxylic acids is 2. The second kappa shape index (κ2) is 39.8. The van der Waals surface area contributed by atoms with E-state index in [4.69, 9.17) is 42.2 Å². The normalized spacial score (nSPS) is 15.5. The molecule has 4 fully saturated rings. The van der Waals surface area contributed by atoms with E-state index in [-0.39, 0.29) is 35.3 Å². The summed E-state index contributed by atoms with van der Waals surface area (Å²) in [6.45, 7) is 31.2. The van der Waals surface area contributed by atoms with Crippen molar-refractivity contribution in [2.24, 2.45) is 0 Å². The number of pyridine rings is 8. The number of hydrogen-bond acceptors (Lipinski definition) is 19. The third-order valence-electron chi connectivity index (χ3n) is 22.1. The van der Waals surface area contributed by atoms with Crippen LogP contribution in [0.15, 0.2) is 219 Å². The molecule has 0 spiro atoms. The first-order chi connectivity index (χ1) is 57.9. The summed E-state index contributed by atoms with van der Waals surface area (Å²) < 4.78 is 23.1. The highest BCUT2D eigenvalue weighted by Crippen LogP contribution is 2.46. The van der Waals surface area contributed by atoms with E-state index < -0.39 is 12.7 Å². The lowest BCUT2D eigenvalue weighted by Gasteiger charge is -2.36. The molecule has 4 aliphatic heterocycles. The monoisotopic (exact) mass is 1790 g/mol. The molecule has 4 aliphatic carbocycles. The van der Waals surface area contributed by atoms with Gasteiger partial charge >= 0.3 is 13.2 Å². The lowest BCUT2D eigenvalue weighted by atomic mass is 9.84. The number of hydrogen-bond donors (Lipinski definition) is 3. The lowest BCUT2D eigenvalue weighted by molar-refractivity contribution is -0.138. The SMILES string of the molecule is C1CNCCN1.CC(C)(C)OC(=O)N1CCN(c2ccnc(-c3ccnc4c3-c3ccccc3C4)c2)CC1.CC(C)(C)OC=O.CC1(C)OB(c2cc(Cl)ccn2)OC1(C)C.Cl.Clc1ccnc(-c2ccnc3c2-c2ccccc2C3)c1.Ic1ccnc2c1-c1ccccc1C2.c1ccc2c(c1)Cc1nccc(-c3cc(N4CCNCC4)ccn3)c1-2. The number of piperazine rings is 3. The maximum atomic E-state index is 12.4. The molecule has 0 atom stereocenters.